The Hall–Kier alpha value is -1.68. The van der Waals surface area contributed by atoms with E-state index in [4.69, 9.17) is 0 Å². The van der Waals surface area contributed by atoms with Gasteiger partial charge in [0.05, 0.1) is 6.10 Å². The van der Waals surface area contributed by atoms with Crippen molar-refractivity contribution in [3.8, 4) is 0 Å². The molecule has 2 rings (SSSR count). The van der Waals surface area contributed by atoms with Gasteiger partial charge in [-0.25, -0.2) is 4.98 Å². The fourth-order valence-electron chi connectivity index (χ4n) is 2.27. The molecule has 4 nitrogen and oxygen atoms in total. The van der Waals surface area contributed by atoms with Crippen LogP contribution >= 0.6 is 0 Å². The van der Waals surface area contributed by atoms with E-state index in [0.717, 1.165) is 12.4 Å². The van der Waals surface area contributed by atoms with E-state index in [9.17, 15) is 5.11 Å². The van der Waals surface area contributed by atoms with Crippen molar-refractivity contribution < 1.29 is 5.11 Å². The van der Waals surface area contributed by atoms with Crippen molar-refractivity contribution >= 4 is 0 Å². The summed E-state index contributed by atoms with van der Waals surface area (Å²) in [6.07, 6.45) is 2.32. The van der Waals surface area contributed by atoms with Crippen molar-refractivity contribution in [3.05, 3.63) is 47.0 Å². The third-order valence-corrected chi connectivity index (χ3v) is 3.37. The molecule has 2 aromatic rings. The highest BCUT2D eigenvalue weighted by Gasteiger charge is 2.12. The summed E-state index contributed by atoms with van der Waals surface area (Å²) in [7, 11) is 0. The number of hydrogen-bond donors (Lipinski definition) is 1. The maximum Gasteiger partial charge on any atom is 0.138 e. The molecule has 0 fully saturated rings. The number of aromatic nitrogens is 3. The van der Waals surface area contributed by atoms with Crippen molar-refractivity contribution in [1.82, 2.24) is 14.8 Å². The lowest BCUT2D eigenvalue weighted by molar-refractivity contribution is 0.171. The summed E-state index contributed by atoms with van der Waals surface area (Å²) in [6, 6.07) is 6.34. The fraction of sp³-hybridized carbons (Fsp3) is 0.467. The van der Waals surface area contributed by atoms with Crippen LogP contribution in [0.4, 0.5) is 0 Å². The second-order valence-corrected chi connectivity index (χ2v) is 4.98. The van der Waals surface area contributed by atoms with E-state index < -0.39 is 6.10 Å². The second kappa shape index (κ2) is 5.97. The first-order valence-electron chi connectivity index (χ1n) is 6.71. The van der Waals surface area contributed by atoms with Crippen LogP contribution in [0.5, 0.6) is 0 Å². The van der Waals surface area contributed by atoms with Gasteiger partial charge in [-0.05, 0) is 38.3 Å². The van der Waals surface area contributed by atoms with Gasteiger partial charge in [-0.3, -0.25) is 4.68 Å². The summed E-state index contributed by atoms with van der Waals surface area (Å²) in [5.41, 5.74) is 3.65. The van der Waals surface area contributed by atoms with E-state index >= 15 is 0 Å². The minimum Gasteiger partial charge on any atom is -0.392 e. The first-order chi connectivity index (χ1) is 9.10. The van der Waals surface area contributed by atoms with Crippen molar-refractivity contribution in [2.75, 3.05) is 0 Å². The number of nitrogens with zero attached hydrogens (tertiary/aromatic N) is 3. The monoisotopic (exact) mass is 259 g/mol. The number of benzene rings is 1. The average Bonchev–Trinajstić information content (AvgIpc) is 2.81. The Balaban J connectivity index is 2.05. The largest absolute Gasteiger partial charge is 0.392 e. The Bertz CT molecular complexity index is 548. The predicted octanol–water partition coefficient (Wildman–Crippen LogP) is 2.06. The Morgan fingerprint density at radius 2 is 2.05 bits per heavy atom. The highest BCUT2D eigenvalue weighted by atomic mass is 16.3. The maximum atomic E-state index is 10.2. The van der Waals surface area contributed by atoms with Gasteiger partial charge in [-0.2, -0.15) is 5.10 Å². The molecule has 0 aliphatic rings. The predicted molar refractivity (Wildman–Crippen MR) is 75.0 cm³/mol. The Kier molecular flexibility index (Phi) is 4.32. The van der Waals surface area contributed by atoms with Crippen LogP contribution < -0.4 is 0 Å². The molecule has 19 heavy (non-hydrogen) atoms. The average molecular weight is 259 g/mol. The SMILES string of the molecule is CCn1ncnc1CC(O)Cc1cc(C)ccc1C. The molecule has 102 valence electrons. The molecule has 1 atom stereocenters. The van der Waals surface area contributed by atoms with E-state index in [0.29, 0.717) is 12.8 Å². The molecule has 1 heterocycles. The number of aliphatic hydroxyl groups excluding tert-OH is 1. The van der Waals surface area contributed by atoms with Gasteiger partial charge in [-0.1, -0.05) is 23.8 Å². The highest BCUT2D eigenvalue weighted by Crippen LogP contribution is 2.14. The summed E-state index contributed by atoms with van der Waals surface area (Å²) in [5, 5.41) is 14.3. The van der Waals surface area contributed by atoms with E-state index in [2.05, 4.69) is 42.1 Å². The summed E-state index contributed by atoms with van der Waals surface area (Å²) >= 11 is 0. The molecule has 0 aliphatic carbocycles. The topological polar surface area (TPSA) is 50.9 Å². The van der Waals surface area contributed by atoms with Crippen molar-refractivity contribution in [1.29, 1.82) is 0 Å². The first kappa shape index (κ1) is 13.7. The maximum absolute atomic E-state index is 10.2. The Morgan fingerprint density at radius 1 is 1.26 bits per heavy atom. The quantitative estimate of drug-likeness (QED) is 0.894. The van der Waals surface area contributed by atoms with Crippen LogP contribution in [0.25, 0.3) is 0 Å². The van der Waals surface area contributed by atoms with Gasteiger partial charge in [-0.15, -0.1) is 0 Å². The fourth-order valence-corrected chi connectivity index (χ4v) is 2.27. The lowest BCUT2D eigenvalue weighted by atomic mass is 9.99. The van der Waals surface area contributed by atoms with Gasteiger partial charge in [0.1, 0.15) is 12.2 Å². The zero-order valence-electron chi connectivity index (χ0n) is 11.8. The van der Waals surface area contributed by atoms with Crippen LogP contribution in [0.3, 0.4) is 0 Å². The molecule has 0 bridgehead atoms. The zero-order chi connectivity index (χ0) is 13.8. The lowest BCUT2D eigenvalue weighted by Crippen LogP contribution is -2.18. The molecule has 0 saturated heterocycles. The highest BCUT2D eigenvalue weighted by molar-refractivity contribution is 5.31. The van der Waals surface area contributed by atoms with E-state index in [1.54, 1.807) is 6.33 Å². The molecule has 1 N–H and O–H groups in total. The van der Waals surface area contributed by atoms with E-state index in [-0.39, 0.29) is 0 Å². The van der Waals surface area contributed by atoms with Gasteiger partial charge in [0.15, 0.2) is 0 Å². The number of aliphatic hydroxyl groups is 1. The standard InChI is InChI=1S/C15H21N3O/c1-4-18-15(16-10-17-18)9-14(19)8-13-7-11(2)5-6-12(13)3/h5-7,10,14,19H,4,8-9H2,1-3H3. The molecule has 4 heteroatoms. The van der Waals surface area contributed by atoms with E-state index in [1.165, 1.54) is 16.7 Å². The summed E-state index contributed by atoms with van der Waals surface area (Å²) in [6.45, 7) is 6.96. The molecule has 0 amide bonds. The van der Waals surface area contributed by atoms with Crippen LogP contribution in [0.15, 0.2) is 24.5 Å². The minimum absolute atomic E-state index is 0.421. The smallest absolute Gasteiger partial charge is 0.138 e. The van der Waals surface area contributed by atoms with Gasteiger partial charge in [0.2, 0.25) is 0 Å². The van der Waals surface area contributed by atoms with Gasteiger partial charge in [0, 0.05) is 13.0 Å². The van der Waals surface area contributed by atoms with Crippen LogP contribution in [0.1, 0.15) is 29.4 Å². The Labute approximate surface area is 114 Å². The summed E-state index contributed by atoms with van der Waals surface area (Å²) in [5.74, 6) is 0.848. The number of hydrogen-bond acceptors (Lipinski definition) is 3. The molecule has 1 aromatic carbocycles. The third kappa shape index (κ3) is 3.41. The molecule has 0 saturated carbocycles. The van der Waals surface area contributed by atoms with Crippen LogP contribution in [0.2, 0.25) is 0 Å². The van der Waals surface area contributed by atoms with Crippen LogP contribution in [0, 0.1) is 13.8 Å². The van der Waals surface area contributed by atoms with E-state index in [1.807, 2.05) is 11.6 Å². The minimum atomic E-state index is -0.421. The van der Waals surface area contributed by atoms with Crippen LogP contribution in [-0.2, 0) is 19.4 Å². The van der Waals surface area contributed by atoms with Gasteiger partial charge >= 0.3 is 0 Å². The molecule has 0 spiro atoms. The Morgan fingerprint density at radius 3 is 2.79 bits per heavy atom. The number of aryl methyl sites for hydroxylation is 3. The van der Waals surface area contributed by atoms with Crippen LogP contribution in [-0.4, -0.2) is 26.0 Å². The molecule has 0 aliphatic heterocycles. The summed E-state index contributed by atoms with van der Waals surface area (Å²) in [4.78, 5) is 4.20. The van der Waals surface area contributed by atoms with Gasteiger partial charge in [0.25, 0.3) is 0 Å². The molecule has 1 unspecified atom stereocenters. The van der Waals surface area contributed by atoms with Crippen molar-refractivity contribution in [2.45, 2.75) is 46.3 Å². The first-order valence-corrected chi connectivity index (χ1v) is 6.71. The normalized spacial score (nSPS) is 12.6. The number of rotatable bonds is 5. The van der Waals surface area contributed by atoms with Crippen molar-refractivity contribution in [2.24, 2.45) is 0 Å². The van der Waals surface area contributed by atoms with Crippen molar-refractivity contribution in [3.63, 3.8) is 0 Å². The molecular formula is C15H21N3O. The summed E-state index contributed by atoms with van der Waals surface area (Å²) < 4.78 is 1.83. The zero-order valence-corrected chi connectivity index (χ0v) is 11.8. The lowest BCUT2D eigenvalue weighted by Gasteiger charge is -2.13. The third-order valence-electron chi connectivity index (χ3n) is 3.37. The van der Waals surface area contributed by atoms with Gasteiger partial charge < -0.3 is 5.11 Å². The molecule has 1 aromatic heterocycles. The molecular weight excluding hydrogens is 238 g/mol. The molecule has 0 radical (unpaired) electrons. The second-order valence-electron chi connectivity index (χ2n) is 4.98.